The van der Waals surface area contributed by atoms with E-state index in [-0.39, 0.29) is 22.3 Å². The molecule has 1 amide bonds. The highest BCUT2D eigenvalue weighted by Crippen LogP contribution is 2.55. The highest BCUT2D eigenvalue weighted by molar-refractivity contribution is 6.00. The average Bonchev–Trinajstić information content (AvgIpc) is 3.38. The van der Waals surface area contributed by atoms with Gasteiger partial charge < -0.3 is 14.4 Å². The lowest BCUT2D eigenvalue weighted by molar-refractivity contribution is 0.0679. The Labute approximate surface area is 233 Å². The number of para-hydroxylation sites is 1. The fourth-order valence-electron chi connectivity index (χ4n) is 6.58. The van der Waals surface area contributed by atoms with Gasteiger partial charge in [0.15, 0.2) is 5.58 Å². The third kappa shape index (κ3) is 4.15. The summed E-state index contributed by atoms with van der Waals surface area (Å²) in [5, 5.41) is 9.29. The molecule has 0 radical (unpaired) electrons. The Bertz CT molecular complexity index is 1720. The van der Waals surface area contributed by atoms with Crippen LogP contribution < -0.4 is 0 Å². The fourth-order valence-corrected chi connectivity index (χ4v) is 6.58. The van der Waals surface area contributed by atoms with E-state index in [1.807, 2.05) is 66.4 Å². The molecule has 0 bridgehead atoms. The monoisotopic (exact) mass is 532 g/mol. The van der Waals surface area contributed by atoms with Gasteiger partial charge in [-0.05, 0) is 60.4 Å². The van der Waals surface area contributed by atoms with Crippen LogP contribution in [0.2, 0.25) is 0 Å². The predicted molar refractivity (Wildman–Crippen MR) is 156 cm³/mol. The highest BCUT2D eigenvalue weighted by atomic mass is 16.4. The molecule has 2 heterocycles. The van der Waals surface area contributed by atoms with E-state index in [2.05, 4.69) is 32.9 Å². The van der Waals surface area contributed by atoms with Gasteiger partial charge in [-0.25, -0.2) is 9.78 Å². The Morgan fingerprint density at radius 3 is 2.42 bits per heavy atom. The number of carboxylic acid groups (broad SMARTS) is 1. The maximum absolute atomic E-state index is 14.0. The van der Waals surface area contributed by atoms with Crippen LogP contribution in [0.25, 0.3) is 28.1 Å². The van der Waals surface area contributed by atoms with Crippen LogP contribution in [-0.4, -0.2) is 40.0 Å². The molecule has 1 aliphatic heterocycles. The van der Waals surface area contributed by atoms with Crippen molar-refractivity contribution in [1.29, 1.82) is 0 Å². The summed E-state index contributed by atoms with van der Waals surface area (Å²) >= 11 is 0. The molecule has 1 atom stereocenters. The second-order valence-corrected chi connectivity index (χ2v) is 11.7. The summed E-state index contributed by atoms with van der Waals surface area (Å²) < 4.78 is 6.14. The van der Waals surface area contributed by atoms with Crippen molar-refractivity contribution in [3.8, 4) is 11.5 Å². The number of aromatic carboxylic acids is 1. The minimum Gasteiger partial charge on any atom is -0.478 e. The summed E-state index contributed by atoms with van der Waals surface area (Å²) in [7, 11) is 0. The number of nitrogens with zero attached hydrogens (tertiary/aromatic N) is 2. The Morgan fingerprint density at radius 2 is 1.70 bits per heavy atom. The largest absolute Gasteiger partial charge is 0.478 e. The fraction of sp³-hybridized carbons (Fsp3) is 0.265. The molecular weight excluding hydrogens is 500 g/mol. The first-order chi connectivity index (χ1) is 19.1. The number of aryl methyl sites for hydroxylation is 1. The third-order valence-electron chi connectivity index (χ3n) is 8.54. The SMILES string of the molecule is Cc1cccc2nc(-c3ccccc3C(=O)N3CC=C4C(C)(C)C(c5ccc(C(=O)O)cc5)=CC[C@]4(C)C3)oc12. The van der Waals surface area contributed by atoms with E-state index >= 15 is 0 Å². The van der Waals surface area contributed by atoms with Gasteiger partial charge in [0.05, 0.1) is 11.1 Å². The van der Waals surface area contributed by atoms with Gasteiger partial charge in [0.2, 0.25) is 5.89 Å². The van der Waals surface area contributed by atoms with Gasteiger partial charge >= 0.3 is 5.97 Å². The zero-order valence-electron chi connectivity index (χ0n) is 23.2. The van der Waals surface area contributed by atoms with E-state index < -0.39 is 5.97 Å². The first-order valence-electron chi connectivity index (χ1n) is 13.6. The number of fused-ring (bicyclic) bond motifs is 2. The van der Waals surface area contributed by atoms with E-state index in [1.54, 1.807) is 12.1 Å². The molecule has 202 valence electrons. The number of rotatable bonds is 4. The van der Waals surface area contributed by atoms with Crippen molar-refractivity contribution >= 4 is 28.5 Å². The quantitative estimate of drug-likeness (QED) is 0.277. The molecule has 0 saturated carbocycles. The van der Waals surface area contributed by atoms with Gasteiger partial charge in [-0.1, -0.05) is 74.9 Å². The van der Waals surface area contributed by atoms with Crippen molar-refractivity contribution in [1.82, 2.24) is 9.88 Å². The number of oxazole rings is 1. The maximum atomic E-state index is 14.0. The summed E-state index contributed by atoms with van der Waals surface area (Å²) in [5.41, 5.74) is 7.12. The molecule has 1 aromatic heterocycles. The van der Waals surface area contributed by atoms with Crippen LogP contribution in [0, 0.1) is 17.8 Å². The number of allylic oxidation sites excluding steroid dienone is 2. The van der Waals surface area contributed by atoms with Gasteiger partial charge in [0.25, 0.3) is 5.91 Å². The van der Waals surface area contributed by atoms with Crippen LogP contribution in [0.15, 0.2) is 88.9 Å². The Kier molecular flexibility index (Phi) is 6.02. The number of hydrogen-bond donors (Lipinski definition) is 1. The summed E-state index contributed by atoms with van der Waals surface area (Å²) in [6.07, 6.45) is 5.26. The molecular formula is C34H32N2O4. The molecule has 40 heavy (non-hydrogen) atoms. The molecule has 0 fully saturated rings. The molecule has 6 heteroatoms. The number of carboxylic acids is 1. The van der Waals surface area contributed by atoms with E-state index in [0.29, 0.717) is 30.1 Å². The average molecular weight is 533 g/mol. The number of benzene rings is 3. The topological polar surface area (TPSA) is 83.6 Å². The first kappa shape index (κ1) is 25.8. The van der Waals surface area contributed by atoms with Gasteiger partial charge in [0.1, 0.15) is 5.52 Å². The van der Waals surface area contributed by atoms with Crippen LogP contribution in [0.3, 0.4) is 0 Å². The lowest BCUT2D eigenvalue weighted by Gasteiger charge is -2.50. The van der Waals surface area contributed by atoms with Gasteiger partial charge in [0, 0.05) is 29.5 Å². The number of carbonyl (C=O) groups excluding carboxylic acids is 1. The standard InChI is InChI=1S/C34H32N2O4/c1-21-8-7-11-27-29(21)40-30(35-27)24-9-5-6-10-25(24)31(37)36-19-17-28-33(2,3)26(16-18-34(28,4)20-36)22-12-14-23(15-13-22)32(38)39/h5-17H,18-20H2,1-4H3,(H,38,39)/t34-/m1/s1. The van der Waals surface area contributed by atoms with Crippen molar-refractivity contribution in [3.05, 3.63) is 107 Å². The smallest absolute Gasteiger partial charge is 0.335 e. The lowest BCUT2D eigenvalue weighted by atomic mass is 9.58. The van der Waals surface area contributed by atoms with E-state index in [1.165, 1.54) is 11.1 Å². The number of aromatic nitrogens is 1. The van der Waals surface area contributed by atoms with Gasteiger partial charge in [-0.2, -0.15) is 0 Å². The minimum atomic E-state index is -0.927. The number of hydrogen-bond acceptors (Lipinski definition) is 4. The predicted octanol–water partition coefficient (Wildman–Crippen LogP) is 7.40. The molecule has 6 nitrogen and oxygen atoms in total. The Morgan fingerprint density at radius 1 is 0.950 bits per heavy atom. The van der Waals surface area contributed by atoms with E-state index in [0.717, 1.165) is 28.6 Å². The van der Waals surface area contributed by atoms with Crippen LogP contribution in [0.1, 0.15) is 59.0 Å². The molecule has 6 rings (SSSR count). The molecule has 0 spiro atoms. The first-order valence-corrected chi connectivity index (χ1v) is 13.6. The molecule has 4 aromatic rings. The minimum absolute atomic E-state index is 0.0389. The molecule has 1 aliphatic carbocycles. The summed E-state index contributed by atoms with van der Waals surface area (Å²) in [5.74, 6) is -0.514. The Balaban J connectivity index is 1.30. The van der Waals surface area contributed by atoms with Crippen molar-refractivity contribution in [2.75, 3.05) is 13.1 Å². The van der Waals surface area contributed by atoms with Crippen molar-refractivity contribution < 1.29 is 19.1 Å². The van der Waals surface area contributed by atoms with Crippen molar-refractivity contribution in [3.63, 3.8) is 0 Å². The van der Waals surface area contributed by atoms with Gasteiger partial charge in [-0.15, -0.1) is 0 Å². The second-order valence-electron chi connectivity index (χ2n) is 11.7. The molecule has 2 aliphatic rings. The summed E-state index contributed by atoms with van der Waals surface area (Å²) in [4.78, 5) is 31.9. The van der Waals surface area contributed by atoms with Crippen LogP contribution in [0.4, 0.5) is 0 Å². The zero-order valence-corrected chi connectivity index (χ0v) is 23.2. The van der Waals surface area contributed by atoms with Crippen LogP contribution in [-0.2, 0) is 0 Å². The van der Waals surface area contributed by atoms with Crippen molar-refractivity contribution in [2.24, 2.45) is 10.8 Å². The molecule has 0 unspecified atom stereocenters. The van der Waals surface area contributed by atoms with Crippen LogP contribution in [0.5, 0.6) is 0 Å². The Hall–Kier alpha value is -4.45. The van der Waals surface area contributed by atoms with E-state index in [4.69, 9.17) is 9.40 Å². The summed E-state index contributed by atoms with van der Waals surface area (Å²) in [6.45, 7) is 9.77. The van der Waals surface area contributed by atoms with Crippen LogP contribution >= 0.6 is 0 Å². The number of carbonyl (C=O) groups is 2. The number of amides is 1. The van der Waals surface area contributed by atoms with E-state index in [9.17, 15) is 14.7 Å². The molecule has 1 N–H and O–H groups in total. The lowest BCUT2D eigenvalue weighted by Crippen LogP contribution is -2.48. The second kappa shape index (κ2) is 9.33. The summed E-state index contributed by atoms with van der Waals surface area (Å²) in [6, 6.07) is 20.5. The molecule has 3 aromatic carbocycles. The normalized spacial score (nSPS) is 20.1. The zero-order chi connectivity index (χ0) is 28.2. The molecule has 0 saturated heterocycles. The highest BCUT2D eigenvalue weighted by Gasteiger charge is 2.46. The van der Waals surface area contributed by atoms with Crippen molar-refractivity contribution in [2.45, 2.75) is 34.1 Å². The third-order valence-corrected chi connectivity index (χ3v) is 8.54. The maximum Gasteiger partial charge on any atom is 0.335 e. The van der Waals surface area contributed by atoms with Gasteiger partial charge in [-0.3, -0.25) is 4.79 Å².